The number of aromatic hydroxyl groups is 1. The number of hydrogen-bond acceptors (Lipinski definition) is 5. The molecule has 1 aliphatic rings. The minimum Gasteiger partial charge on any atom is -0.493 e. The Morgan fingerprint density at radius 2 is 2.09 bits per heavy atom. The van der Waals surface area contributed by atoms with Crippen LogP contribution in [0.2, 0.25) is 0 Å². The number of thiazole rings is 1. The number of para-hydroxylation sites is 1. The van der Waals surface area contributed by atoms with Crippen molar-refractivity contribution < 1.29 is 19.8 Å². The van der Waals surface area contributed by atoms with Crippen LogP contribution in [0.4, 0.5) is 0 Å². The highest BCUT2D eigenvalue weighted by atomic mass is 32.1. The van der Waals surface area contributed by atoms with E-state index in [4.69, 9.17) is 17.3 Å². The van der Waals surface area contributed by atoms with Gasteiger partial charge in [-0.25, -0.2) is 9.79 Å². The Hall–Kier alpha value is -2.32. The van der Waals surface area contributed by atoms with E-state index < -0.39 is 17.9 Å². The summed E-state index contributed by atoms with van der Waals surface area (Å²) in [6.45, 7) is 1.41. The van der Waals surface area contributed by atoms with Crippen molar-refractivity contribution in [2.24, 2.45) is 4.99 Å². The summed E-state index contributed by atoms with van der Waals surface area (Å²) in [5, 5.41) is 20.6. The quantitative estimate of drug-likeness (QED) is 0.817. The van der Waals surface area contributed by atoms with Crippen LogP contribution in [0.5, 0.6) is 5.88 Å². The standard InChI is InChI=1S/C14H10N2O4S2/c1-6(13(19)20)16-12(18)10(22-14(16)21)9-7-4-2-3-5-8(7)15-11(9)17/h2-6,18H,1H3,(H,19,20). The summed E-state index contributed by atoms with van der Waals surface area (Å²) in [4.78, 5) is 27.4. The molecule has 0 aliphatic carbocycles. The van der Waals surface area contributed by atoms with E-state index in [1.54, 1.807) is 24.3 Å². The van der Waals surface area contributed by atoms with Gasteiger partial charge in [0.05, 0.1) is 10.9 Å². The third kappa shape index (κ3) is 2.08. The fourth-order valence-corrected chi connectivity index (χ4v) is 3.78. The van der Waals surface area contributed by atoms with Crippen LogP contribution in [0.3, 0.4) is 0 Å². The third-order valence-corrected chi connectivity index (χ3v) is 4.81. The van der Waals surface area contributed by atoms with Gasteiger partial charge < -0.3 is 10.2 Å². The molecular weight excluding hydrogens is 324 g/mol. The largest absolute Gasteiger partial charge is 0.493 e. The van der Waals surface area contributed by atoms with Gasteiger partial charge in [-0.15, -0.1) is 11.3 Å². The number of aliphatic carboxylic acids is 1. The van der Waals surface area contributed by atoms with Gasteiger partial charge in [0.2, 0.25) is 5.88 Å². The van der Waals surface area contributed by atoms with Crippen LogP contribution in [-0.2, 0) is 9.59 Å². The molecule has 1 atom stereocenters. The van der Waals surface area contributed by atoms with Crippen molar-refractivity contribution in [3.63, 3.8) is 0 Å². The van der Waals surface area contributed by atoms with Crippen molar-refractivity contribution in [2.45, 2.75) is 13.0 Å². The van der Waals surface area contributed by atoms with Crippen molar-refractivity contribution >= 4 is 41.0 Å². The van der Waals surface area contributed by atoms with Crippen LogP contribution in [0.25, 0.3) is 5.57 Å². The van der Waals surface area contributed by atoms with E-state index in [1.807, 2.05) is 0 Å². The van der Waals surface area contributed by atoms with Crippen molar-refractivity contribution in [1.82, 2.24) is 4.57 Å². The van der Waals surface area contributed by atoms with E-state index in [0.717, 1.165) is 15.9 Å². The van der Waals surface area contributed by atoms with Crippen molar-refractivity contribution in [2.75, 3.05) is 0 Å². The van der Waals surface area contributed by atoms with Crippen LogP contribution in [-0.4, -0.2) is 26.7 Å². The lowest BCUT2D eigenvalue weighted by Gasteiger charge is -2.09. The number of aromatic nitrogens is 1. The number of rotatable bonds is 3. The second kappa shape index (κ2) is 5.15. The third-order valence-electron chi connectivity index (χ3n) is 3.40. The number of amides is 1. The average Bonchev–Trinajstić information content (AvgIpc) is 2.94. The molecule has 2 aromatic rings. The van der Waals surface area contributed by atoms with E-state index in [9.17, 15) is 14.7 Å². The van der Waals surface area contributed by atoms with Crippen LogP contribution >= 0.6 is 23.6 Å². The van der Waals surface area contributed by atoms with Gasteiger partial charge in [0, 0.05) is 5.22 Å². The molecule has 0 spiro atoms. The molecule has 2 heterocycles. The Kier molecular flexibility index (Phi) is 3.42. The Morgan fingerprint density at radius 3 is 2.77 bits per heavy atom. The lowest BCUT2D eigenvalue weighted by molar-refractivity contribution is -0.140. The smallest absolute Gasteiger partial charge is 0.326 e. The Morgan fingerprint density at radius 1 is 1.41 bits per heavy atom. The summed E-state index contributed by atoms with van der Waals surface area (Å²) in [6.07, 6.45) is 0. The minimum absolute atomic E-state index is 0.187. The molecule has 1 amide bonds. The average molecular weight is 334 g/mol. The molecule has 0 saturated heterocycles. The molecule has 0 radical (unpaired) electrons. The molecular formula is C14H10N2O4S2. The highest BCUT2D eigenvalue weighted by molar-refractivity contribution is 7.73. The summed E-state index contributed by atoms with van der Waals surface area (Å²) in [5.74, 6) is -1.91. The second-order valence-corrected chi connectivity index (χ2v) is 6.36. The topological polar surface area (TPSA) is 91.9 Å². The zero-order chi connectivity index (χ0) is 16.0. The van der Waals surface area contributed by atoms with Crippen molar-refractivity contribution in [3.05, 3.63) is 43.7 Å². The molecule has 22 heavy (non-hydrogen) atoms. The number of carbonyl (C=O) groups excluding carboxylic acids is 1. The van der Waals surface area contributed by atoms with Crippen molar-refractivity contribution in [3.8, 4) is 5.88 Å². The number of carbonyl (C=O) groups is 2. The van der Waals surface area contributed by atoms with Gasteiger partial charge in [0.15, 0.2) is 3.95 Å². The van der Waals surface area contributed by atoms with Gasteiger partial charge in [0.1, 0.15) is 10.9 Å². The van der Waals surface area contributed by atoms with Gasteiger partial charge in [-0.3, -0.25) is 9.36 Å². The first kappa shape index (κ1) is 14.6. The Bertz CT molecular complexity index is 987. The lowest BCUT2D eigenvalue weighted by Crippen LogP contribution is -2.22. The maximum atomic E-state index is 12.1. The van der Waals surface area contributed by atoms with Crippen LogP contribution in [0.1, 0.15) is 17.8 Å². The Balaban J connectivity index is 2.31. The first-order valence-corrected chi connectivity index (χ1v) is 7.54. The summed E-state index contributed by atoms with van der Waals surface area (Å²) in [7, 11) is 0. The number of carboxylic acids is 1. The van der Waals surface area contributed by atoms with Crippen LogP contribution in [0.15, 0.2) is 29.3 Å². The molecule has 1 aromatic carbocycles. The van der Waals surface area contributed by atoms with Gasteiger partial charge in [-0.1, -0.05) is 18.2 Å². The van der Waals surface area contributed by atoms with Gasteiger partial charge in [-0.2, -0.15) is 0 Å². The Labute approximate surface area is 133 Å². The van der Waals surface area contributed by atoms with E-state index in [-0.39, 0.29) is 20.3 Å². The fourth-order valence-electron chi connectivity index (χ4n) is 2.28. The highest BCUT2D eigenvalue weighted by Crippen LogP contribution is 2.34. The number of carboxylic acid groups (broad SMARTS) is 1. The number of nitrogens with zero attached hydrogens (tertiary/aromatic N) is 2. The molecule has 8 heteroatoms. The summed E-state index contributed by atoms with van der Waals surface area (Å²) < 4.78 is 1.31. The number of hydrogen-bond donors (Lipinski definition) is 2. The lowest BCUT2D eigenvalue weighted by atomic mass is 10.1. The molecule has 1 aromatic heterocycles. The van der Waals surface area contributed by atoms with Crippen LogP contribution < -0.4 is 10.6 Å². The zero-order valence-corrected chi connectivity index (χ0v) is 12.9. The van der Waals surface area contributed by atoms with Crippen LogP contribution in [0, 0.1) is 3.95 Å². The molecule has 1 aliphatic heterocycles. The molecule has 0 fully saturated rings. The molecule has 112 valence electrons. The summed E-state index contributed by atoms with van der Waals surface area (Å²) in [5.41, 5.74) is 0.250. The second-order valence-electron chi connectivity index (χ2n) is 4.71. The molecule has 1 unspecified atom stereocenters. The van der Waals surface area contributed by atoms with Crippen molar-refractivity contribution in [1.29, 1.82) is 0 Å². The maximum absolute atomic E-state index is 12.1. The van der Waals surface area contributed by atoms with E-state index >= 15 is 0 Å². The molecule has 0 bridgehead atoms. The highest BCUT2D eigenvalue weighted by Gasteiger charge is 2.28. The van der Waals surface area contributed by atoms with E-state index in [1.165, 1.54) is 6.92 Å². The predicted molar refractivity (Wildman–Crippen MR) is 81.9 cm³/mol. The monoisotopic (exact) mass is 334 g/mol. The first-order valence-electron chi connectivity index (χ1n) is 6.31. The summed E-state index contributed by atoms with van der Waals surface area (Å²) in [6, 6.07) is 5.93. The zero-order valence-electron chi connectivity index (χ0n) is 11.3. The van der Waals surface area contributed by atoms with Gasteiger partial charge in [0.25, 0.3) is 5.91 Å². The first-order chi connectivity index (χ1) is 10.4. The minimum atomic E-state index is -1.12. The van der Waals surface area contributed by atoms with Gasteiger partial charge in [-0.05, 0) is 25.2 Å². The molecule has 3 rings (SSSR count). The fraction of sp³-hybridized carbons (Fsp3) is 0.143. The number of fused-ring (bicyclic) bond motifs is 1. The maximum Gasteiger partial charge on any atom is 0.326 e. The summed E-state index contributed by atoms with van der Waals surface area (Å²) >= 11 is 6.13. The molecule has 6 nitrogen and oxygen atoms in total. The molecule has 2 N–H and O–H groups in total. The van der Waals surface area contributed by atoms with E-state index in [2.05, 4.69) is 4.99 Å². The van der Waals surface area contributed by atoms with Gasteiger partial charge >= 0.3 is 5.97 Å². The molecule has 0 saturated carbocycles. The number of benzene rings is 1. The normalized spacial score (nSPS) is 14.6. The predicted octanol–water partition coefficient (Wildman–Crippen LogP) is 0.989. The SMILES string of the molecule is CC(C(=O)O)n1c(O)c(C2=c3ccccc3=NC2=O)sc1=S. The van der Waals surface area contributed by atoms with E-state index in [0.29, 0.717) is 10.6 Å².